The second kappa shape index (κ2) is 5.63. The Morgan fingerprint density at radius 2 is 1.33 bits per heavy atom. The first-order valence-corrected chi connectivity index (χ1v) is 3.66. The van der Waals surface area contributed by atoms with E-state index in [1.807, 2.05) is 0 Å². The van der Waals surface area contributed by atoms with Crippen LogP contribution in [0.4, 0.5) is 13.2 Å². The SMILES string of the molecule is F[C](F)(F)[Na].O=S(O)O. The van der Waals surface area contributed by atoms with Crippen LogP contribution in [-0.2, 0) is 11.4 Å². The predicted octanol–water partition coefficient (Wildman–Crippen LogP) is 0.356. The number of hydrogen-bond donors (Lipinski definition) is 2. The third-order valence-electron chi connectivity index (χ3n) is 0. The van der Waals surface area contributed by atoms with E-state index in [0.717, 1.165) is 0 Å². The third-order valence-corrected chi connectivity index (χ3v) is 0. The van der Waals surface area contributed by atoms with E-state index in [1.54, 1.807) is 0 Å². The number of alkyl halides is 3. The molecule has 0 fully saturated rings. The molecule has 0 unspecified atom stereocenters. The largest absolute Gasteiger partial charge is 0.299 e. The molecule has 0 aromatic rings. The van der Waals surface area contributed by atoms with E-state index in [9.17, 15) is 13.2 Å². The molecule has 2 N–H and O–H groups in total. The molecule has 8 heteroatoms. The molecule has 0 aromatic carbocycles. The second-order valence-electron chi connectivity index (χ2n) is 1.01. The van der Waals surface area contributed by atoms with E-state index in [0.29, 0.717) is 0 Å². The summed E-state index contributed by atoms with van der Waals surface area (Å²) < 4.78 is 50.2. The Hall–Kier alpha value is 0.860. The van der Waals surface area contributed by atoms with Crippen LogP contribution in [-0.4, -0.2) is 44.7 Å². The Balaban J connectivity index is 0. The molecule has 0 rings (SSSR count). The number of rotatable bonds is 0. The molecular weight excluding hydrogens is 172 g/mol. The number of halogens is 3. The Morgan fingerprint density at radius 3 is 1.33 bits per heavy atom. The van der Waals surface area contributed by atoms with Crippen LogP contribution < -0.4 is 0 Å². The fourth-order valence-corrected chi connectivity index (χ4v) is 0. The molecule has 0 heterocycles. The third kappa shape index (κ3) is 564. The van der Waals surface area contributed by atoms with Crippen LogP contribution in [0.2, 0.25) is 0 Å². The van der Waals surface area contributed by atoms with Gasteiger partial charge in [-0.15, -0.1) is 0 Å². The Labute approximate surface area is 69.2 Å². The topological polar surface area (TPSA) is 57.5 Å². The molecule has 9 heavy (non-hydrogen) atoms. The zero-order chi connectivity index (χ0) is 8.08. The Bertz CT molecular complexity index is 81.5. The molecule has 0 aromatic heterocycles. The summed E-state index contributed by atoms with van der Waals surface area (Å²) >= 11 is -3.30. The molecule has 0 amide bonds. The first-order chi connectivity index (χ1) is 3.73. The fourth-order valence-electron chi connectivity index (χ4n) is 0. The van der Waals surface area contributed by atoms with E-state index in [1.165, 1.54) is 0 Å². The summed E-state index contributed by atoms with van der Waals surface area (Å²) in [4.78, 5) is 0. The van der Waals surface area contributed by atoms with Crippen molar-refractivity contribution < 1.29 is 26.5 Å². The van der Waals surface area contributed by atoms with Crippen LogP contribution in [0, 0.1) is 0 Å². The van der Waals surface area contributed by atoms with Gasteiger partial charge in [-0.25, -0.2) is 0 Å². The summed E-state index contributed by atoms with van der Waals surface area (Å²) in [5.41, 5.74) is 0. The van der Waals surface area contributed by atoms with E-state index in [-0.39, 0.29) is 0 Å². The predicted molar refractivity (Wildman–Crippen MR) is 25.2 cm³/mol. The van der Waals surface area contributed by atoms with Gasteiger partial charge < -0.3 is 0 Å². The Morgan fingerprint density at radius 1 is 1.33 bits per heavy atom. The van der Waals surface area contributed by atoms with Gasteiger partial charge in [0.1, 0.15) is 0 Å². The van der Waals surface area contributed by atoms with E-state index >= 15 is 0 Å². The molecule has 0 aliphatic heterocycles. The second-order valence-corrected chi connectivity index (χ2v) is 2.61. The van der Waals surface area contributed by atoms with E-state index in [2.05, 4.69) is 0 Å². The minimum atomic E-state index is -3.86. The standard InChI is InChI=1S/CF3.Na.H2O3S/c2-1(3)4;;1-4(2)3/h;;(H2,1,2,3). The van der Waals surface area contributed by atoms with Gasteiger partial charge in [0, 0.05) is 0 Å². The smallest absolute Gasteiger partial charge is 0.284 e. The van der Waals surface area contributed by atoms with Crippen molar-refractivity contribution >= 4 is 39.3 Å². The minimum Gasteiger partial charge on any atom is -0.284 e. The van der Waals surface area contributed by atoms with Crippen molar-refractivity contribution in [2.45, 2.75) is 3.43 Å². The minimum absolute atomic E-state index is 0.692. The summed E-state index contributed by atoms with van der Waals surface area (Å²) in [6.45, 7) is 0. The van der Waals surface area contributed by atoms with Crippen molar-refractivity contribution in [3.8, 4) is 0 Å². The molecule has 0 spiro atoms. The monoisotopic (exact) mass is 174 g/mol. The van der Waals surface area contributed by atoms with Crippen molar-refractivity contribution in [3.05, 3.63) is 0 Å². The molecule has 0 aliphatic rings. The summed E-state index contributed by atoms with van der Waals surface area (Å²) in [6.07, 6.45) is 0. The van der Waals surface area contributed by atoms with Crippen molar-refractivity contribution in [2.24, 2.45) is 0 Å². The summed E-state index contributed by atoms with van der Waals surface area (Å²) in [7, 11) is 0. The maximum Gasteiger partial charge on any atom is 0.299 e. The zero-order valence-corrected chi connectivity index (χ0v) is 7.16. The van der Waals surface area contributed by atoms with Gasteiger partial charge in [0.15, 0.2) is 0 Å². The van der Waals surface area contributed by atoms with Crippen molar-refractivity contribution in [3.63, 3.8) is 0 Å². The quantitative estimate of drug-likeness (QED) is 0.411. The first-order valence-electron chi connectivity index (χ1n) is 1.60. The van der Waals surface area contributed by atoms with Gasteiger partial charge in [-0.2, -0.15) is 4.21 Å². The van der Waals surface area contributed by atoms with Crippen LogP contribution in [0.15, 0.2) is 0 Å². The molecule has 0 radical (unpaired) electrons. The van der Waals surface area contributed by atoms with Gasteiger partial charge in [-0.05, 0) is 0 Å². The van der Waals surface area contributed by atoms with E-state index in [4.69, 9.17) is 13.3 Å². The Kier molecular flexibility index (Phi) is 7.84. The average Bonchev–Trinajstić information content (AvgIpc) is 1.19. The molecular formula is CH2F3NaO3S. The van der Waals surface area contributed by atoms with Crippen molar-refractivity contribution in [1.29, 1.82) is 0 Å². The summed E-state index contributed by atoms with van der Waals surface area (Å²) in [5.74, 6) is 0. The fraction of sp³-hybridized carbons (Fsp3) is 1.00. The molecule has 0 saturated carbocycles. The zero-order valence-electron chi connectivity index (χ0n) is 4.34. The number of hydrogen-bond acceptors (Lipinski definition) is 1. The van der Waals surface area contributed by atoms with Gasteiger partial charge in [-0.3, -0.25) is 9.11 Å². The maximum absolute atomic E-state index is 10.4. The average molecular weight is 174 g/mol. The maximum atomic E-state index is 10.4. The van der Waals surface area contributed by atoms with Gasteiger partial charge in [0.05, 0.1) is 0 Å². The van der Waals surface area contributed by atoms with Crippen molar-refractivity contribution in [2.75, 3.05) is 0 Å². The van der Waals surface area contributed by atoms with Crippen molar-refractivity contribution in [1.82, 2.24) is 0 Å². The molecule has 52 valence electrons. The van der Waals surface area contributed by atoms with Gasteiger partial charge in [-0.1, -0.05) is 0 Å². The molecule has 0 atom stereocenters. The van der Waals surface area contributed by atoms with E-state index < -0.39 is 42.7 Å². The molecule has 0 aliphatic carbocycles. The normalized spacial score (nSPS) is 10.7. The summed E-state index contributed by atoms with van der Waals surface area (Å²) in [5, 5.41) is 0. The molecule has 0 saturated heterocycles. The van der Waals surface area contributed by atoms with Gasteiger partial charge in [0.2, 0.25) is 0 Å². The van der Waals surface area contributed by atoms with Crippen LogP contribution in [0.3, 0.4) is 0 Å². The van der Waals surface area contributed by atoms with Crippen LogP contribution in [0.25, 0.3) is 0 Å². The van der Waals surface area contributed by atoms with Crippen LogP contribution in [0.5, 0.6) is 0 Å². The summed E-state index contributed by atoms with van der Waals surface area (Å²) in [6, 6.07) is 0. The first kappa shape index (κ1) is 12.5. The van der Waals surface area contributed by atoms with Crippen LogP contribution in [0.1, 0.15) is 0 Å². The van der Waals surface area contributed by atoms with Gasteiger partial charge in [0.25, 0.3) is 11.4 Å². The molecule has 0 bridgehead atoms. The van der Waals surface area contributed by atoms with Gasteiger partial charge >= 0.3 is 44.5 Å². The molecule has 3 nitrogen and oxygen atoms in total. The van der Waals surface area contributed by atoms with Crippen LogP contribution >= 0.6 is 0 Å².